The maximum absolute atomic E-state index is 12.2. The Hall–Kier alpha value is -1.40. The minimum absolute atomic E-state index is 0.116. The Morgan fingerprint density at radius 2 is 1.76 bits per heavy atom. The number of rotatable bonds is 3. The molecule has 0 radical (unpaired) electrons. The number of hydrogen-bond acceptors (Lipinski definition) is 3. The molecule has 0 amide bonds. The summed E-state index contributed by atoms with van der Waals surface area (Å²) in [6, 6.07) is 5.71. The Balaban J connectivity index is 2.49. The molecule has 1 N–H and O–H groups in total. The summed E-state index contributed by atoms with van der Waals surface area (Å²) in [5.41, 5.74) is -0.167. The second kappa shape index (κ2) is 4.46. The second-order valence-corrected chi connectivity index (χ2v) is 5.82. The quantitative estimate of drug-likeness (QED) is 0.879. The fourth-order valence-electron chi connectivity index (χ4n) is 1.94. The molecule has 0 aliphatic carbocycles. The number of carbonyl (C=O) groups is 1. The number of carboxylic acid groups (broad SMARTS) is 1. The molecule has 0 aromatic heterocycles. The molecule has 1 saturated heterocycles. The Morgan fingerprint density at radius 3 is 2.35 bits per heavy atom. The Labute approximate surface area is 99.7 Å². The fraction of sp³-hybridized carbons (Fsp3) is 0.364. The molecule has 2 rings (SSSR count). The third-order valence-corrected chi connectivity index (χ3v) is 4.76. The summed E-state index contributed by atoms with van der Waals surface area (Å²) in [6.07, 6.45) is 1.66. The van der Waals surface area contributed by atoms with Crippen molar-refractivity contribution < 1.29 is 18.3 Å². The minimum Gasteiger partial charge on any atom is -0.478 e. The van der Waals surface area contributed by atoms with E-state index in [9.17, 15) is 13.2 Å². The van der Waals surface area contributed by atoms with Crippen molar-refractivity contribution in [1.82, 2.24) is 4.31 Å². The van der Waals surface area contributed by atoms with Gasteiger partial charge in [-0.2, -0.15) is 4.31 Å². The lowest BCUT2D eigenvalue weighted by Gasteiger charge is -2.16. The highest BCUT2D eigenvalue weighted by molar-refractivity contribution is 7.89. The van der Waals surface area contributed by atoms with E-state index in [0.29, 0.717) is 13.1 Å². The highest BCUT2D eigenvalue weighted by Crippen LogP contribution is 2.23. The van der Waals surface area contributed by atoms with Gasteiger partial charge in [-0.1, -0.05) is 12.1 Å². The van der Waals surface area contributed by atoms with Crippen LogP contribution in [-0.4, -0.2) is 36.9 Å². The van der Waals surface area contributed by atoms with E-state index in [2.05, 4.69) is 0 Å². The Kier molecular flexibility index (Phi) is 3.17. The van der Waals surface area contributed by atoms with E-state index in [1.807, 2.05) is 0 Å². The number of aromatic carboxylic acids is 1. The van der Waals surface area contributed by atoms with E-state index in [4.69, 9.17) is 5.11 Å². The van der Waals surface area contributed by atoms with Gasteiger partial charge in [0.2, 0.25) is 10.0 Å². The van der Waals surface area contributed by atoms with Gasteiger partial charge >= 0.3 is 5.97 Å². The van der Waals surface area contributed by atoms with Crippen LogP contribution in [0.25, 0.3) is 0 Å². The number of carboxylic acids is 1. The van der Waals surface area contributed by atoms with Crippen molar-refractivity contribution in [3.8, 4) is 0 Å². The molecule has 1 aromatic carbocycles. The standard InChI is InChI=1S/C11H13NO4S/c13-11(14)9-5-1-2-6-10(9)17(15,16)12-7-3-4-8-12/h1-2,5-6H,3-4,7-8H2,(H,13,14). The zero-order valence-corrected chi connectivity index (χ0v) is 9.98. The molecule has 1 aliphatic heterocycles. The molecule has 0 unspecified atom stereocenters. The van der Waals surface area contributed by atoms with Gasteiger partial charge in [0.05, 0.1) is 10.5 Å². The van der Waals surface area contributed by atoms with Crippen molar-refractivity contribution in [3.63, 3.8) is 0 Å². The lowest BCUT2D eigenvalue weighted by molar-refractivity contribution is 0.0692. The topological polar surface area (TPSA) is 74.7 Å². The lowest BCUT2D eigenvalue weighted by Crippen LogP contribution is -2.29. The van der Waals surface area contributed by atoms with Crippen LogP contribution in [0.3, 0.4) is 0 Å². The maximum atomic E-state index is 12.2. The van der Waals surface area contributed by atoms with Gasteiger partial charge < -0.3 is 5.11 Å². The third kappa shape index (κ3) is 2.18. The monoisotopic (exact) mass is 255 g/mol. The number of hydrogen-bond donors (Lipinski definition) is 1. The summed E-state index contributed by atoms with van der Waals surface area (Å²) in [4.78, 5) is 10.9. The van der Waals surface area contributed by atoms with Crippen LogP contribution in [0, 0.1) is 0 Å². The molecule has 1 fully saturated rings. The van der Waals surface area contributed by atoms with Crippen LogP contribution in [0.5, 0.6) is 0 Å². The zero-order valence-electron chi connectivity index (χ0n) is 9.17. The van der Waals surface area contributed by atoms with Gasteiger partial charge in [0.25, 0.3) is 0 Å². The van der Waals surface area contributed by atoms with Crippen molar-refractivity contribution in [3.05, 3.63) is 29.8 Å². The number of sulfonamides is 1. The molecule has 1 aliphatic rings. The van der Waals surface area contributed by atoms with Crippen LogP contribution >= 0.6 is 0 Å². The summed E-state index contributed by atoms with van der Waals surface area (Å²) in [7, 11) is -3.66. The fourth-order valence-corrected chi connectivity index (χ4v) is 3.64. The van der Waals surface area contributed by atoms with Gasteiger partial charge in [-0.3, -0.25) is 0 Å². The minimum atomic E-state index is -3.66. The van der Waals surface area contributed by atoms with Gasteiger partial charge in [0.15, 0.2) is 0 Å². The van der Waals surface area contributed by atoms with Crippen LogP contribution in [0.15, 0.2) is 29.2 Å². The van der Waals surface area contributed by atoms with E-state index < -0.39 is 16.0 Å². The lowest BCUT2D eigenvalue weighted by atomic mass is 10.2. The largest absolute Gasteiger partial charge is 0.478 e. The van der Waals surface area contributed by atoms with Gasteiger partial charge in [-0.05, 0) is 25.0 Å². The molecule has 0 bridgehead atoms. The van der Waals surface area contributed by atoms with E-state index in [-0.39, 0.29) is 10.5 Å². The van der Waals surface area contributed by atoms with Gasteiger partial charge in [-0.15, -0.1) is 0 Å². The molecular weight excluding hydrogens is 242 g/mol. The molecule has 92 valence electrons. The average Bonchev–Trinajstić information content (AvgIpc) is 2.83. The van der Waals surface area contributed by atoms with E-state index in [1.165, 1.54) is 28.6 Å². The summed E-state index contributed by atoms with van der Waals surface area (Å²) >= 11 is 0. The van der Waals surface area contributed by atoms with E-state index >= 15 is 0 Å². The molecule has 1 aromatic rings. The zero-order chi connectivity index (χ0) is 12.5. The summed E-state index contributed by atoms with van der Waals surface area (Å²) in [6.45, 7) is 0.937. The molecule has 0 atom stereocenters. The first-order valence-corrected chi connectivity index (χ1v) is 6.80. The van der Waals surface area contributed by atoms with E-state index in [1.54, 1.807) is 0 Å². The van der Waals surface area contributed by atoms with Crippen LogP contribution < -0.4 is 0 Å². The first-order chi connectivity index (χ1) is 8.03. The Bertz CT molecular complexity index is 532. The third-order valence-electron chi connectivity index (χ3n) is 2.80. The Morgan fingerprint density at radius 1 is 1.18 bits per heavy atom. The predicted molar refractivity (Wildman–Crippen MR) is 61.4 cm³/mol. The maximum Gasteiger partial charge on any atom is 0.337 e. The van der Waals surface area contributed by atoms with Crippen molar-refractivity contribution in [2.75, 3.05) is 13.1 Å². The first-order valence-electron chi connectivity index (χ1n) is 5.36. The van der Waals surface area contributed by atoms with E-state index in [0.717, 1.165) is 12.8 Å². The normalized spacial score (nSPS) is 17.2. The summed E-state index contributed by atoms with van der Waals surface area (Å²) in [5, 5.41) is 8.99. The summed E-state index contributed by atoms with van der Waals surface area (Å²) < 4.78 is 25.8. The summed E-state index contributed by atoms with van der Waals surface area (Å²) in [5.74, 6) is -1.22. The molecule has 17 heavy (non-hydrogen) atoms. The van der Waals surface area contributed by atoms with Crippen molar-refractivity contribution >= 4 is 16.0 Å². The smallest absolute Gasteiger partial charge is 0.337 e. The van der Waals surface area contributed by atoms with Crippen LogP contribution in [0.1, 0.15) is 23.2 Å². The molecule has 5 nitrogen and oxygen atoms in total. The highest BCUT2D eigenvalue weighted by atomic mass is 32.2. The van der Waals surface area contributed by atoms with Crippen LogP contribution in [0.2, 0.25) is 0 Å². The SMILES string of the molecule is O=C(O)c1ccccc1S(=O)(=O)N1CCCC1. The molecule has 1 heterocycles. The van der Waals surface area contributed by atoms with Crippen LogP contribution in [0.4, 0.5) is 0 Å². The predicted octanol–water partition coefficient (Wildman–Crippen LogP) is 1.17. The molecule has 6 heteroatoms. The van der Waals surface area contributed by atoms with Crippen molar-refractivity contribution in [2.24, 2.45) is 0 Å². The second-order valence-electron chi connectivity index (χ2n) is 3.91. The first kappa shape index (κ1) is 12.1. The van der Waals surface area contributed by atoms with Crippen molar-refractivity contribution in [1.29, 1.82) is 0 Å². The van der Waals surface area contributed by atoms with Crippen LogP contribution in [-0.2, 0) is 10.0 Å². The van der Waals surface area contributed by atoms with Gasteiger partial charge in [0, 0.05) is 13.1 Å². The average molecular weight is 255 g/mol. The molecule has 0 saturated carbocycles. The molecular formula is C11H13NO4S. The molecule has 0 spiro atoms. The highest BCUT2D eigenvalue weighted by Gasteiger charge is 2.30. The van der Waals surface area contributed by atoms with Gasteiger partial charge in [0.1, 0.15) is 0 Å². The number of nitrogens with zero attached hydrogens (tertiary/aromatic N) is 1. The van der Waals surface area contributed by atoms with Gasteiger partial charge in [-0.25, -0.2) is 13.2 Å². The van der Waals surface area contributed by atoms with Crippen molar-refractivity contribution in [2.45, 2.75) is 17.7 Å². The number of benzene rings is 1.